The van der Waals surface area contributed by atoms with E-state index in [1.807, 2.05) is 6.92 Å². The van der Waals surface area contributed by atoms with Crippen LogP contribution >= 0.6 is 0 Å². The lowest BCUT2D eigenvalue weighted by atomic mass is 9.83. The van der Waals surface area contributed by atoms with Crippen LogP contribution in [0.15, 0.2) is 41.4 Å². The molecule has 0 radical (unpaired) electrons. The van der Waals surface area contributed by atoms with Crippen LogP contribution < -0.4 is 10.1 Å². The Morgan fingerprint density at radius 2 is 1.81 bits per heavy atom. The third kappa shape index (κ3) is 7.99. The van der Waals surface area contributed by atoms with Crippen molar-refractivity contribution in [1.29, 1.82) is 0 Å². The maximum atomic E-state index is 12.6. The first kappa shape index (κ1) is 27.6. The minimum atomic E-state index is -0.586. The standard InChI is InChI=1S/C26H34N6O5/c1-5-31(3)26(35)28-25(32(17-33)16-19-8-6-18(2)7-9-19)27-20-10-12-21(13-11-20)37-23-15-14-22(29-30-23)24(34)36-4/h10-15,17-19H,5-9,16H2,1-4H3,(H,27,28,35). The fourth-order valence-electron chi connectivity index (χ4n) is 3.89. The van der Waals surface area contributed by atoms with E-state index in [2.05, 4.69) is 32.2 Å². The van der Waals surface area contributed by atoms with Gasteiger partial charge in [0.2, 0.25) is 18.2 Å². The van der Waals surface area contributed by atoms with E-state index < -0.39 is 5.97 Å². The number of urea groups is 1. The van der Waals surface area contributed by atoms with E-state index in [-0.39, 0.29) is 23.6 Å². The summed E-state index contributed by atoms with van der Waals surface area (Å²) in [4.78, 5) is 43.7. The Morgan fingerprint density at radius 3 is 2.38 bits per heavy atom. The number of hydrogen-bond acceptors (Lipinski definition) is 8. The van der Waals surface area contributed by atoms with Gasteiger partial charge >= 0.3 is 12.0 Å². The molecule has 0 aliphatic heterocycles. The molecule has 1 saturated carbocycles. The molecule has 1 aromatic carbocycles. The lowest BCUT2D eigenvalue weighted by Gasteiger charge is -2.30. The molecule has 0 saturated heterocycles. The minimum Gasteiger partial charge on any atom is -0.464 e. The maximum Gasteiger partial charge on any atom is 0.358 e. The van der Waals surface area contributed by atoms with Crippen LogP contribution in [-0.2, 0) is 9.53 Å². The van der Waals surface area contributed by atoms with Gasteiger partial charge in [-0.25, -0.2) is 14.6 Å². The van der Waals surface area contributed by atoms with Gasteiger partial charge in [-0.05, 0) is 61.9 Å². The largest absolute Gasteiger partial charge is 0.464 e. The second-order valence-electron chi connectivity index (χ2n) is 9.11. The molecule has 37 heavy (non-hydrogen) atoms. The number of carbonyl (C=O) groups is 3. The van der Waals surface area contributed by atoms with E-state index in [1.54, 1.807) is 31.3 Å². The molecular formula is C26H34N6O5. The zero-order valence-corrected chi connectivity index (χ0v) is 21.7. The lowest BCUT2D eigenvalue weighted by Crippen LogP contribution is -2.49. The quantitative estimate of drug-likeness (QED) is 0.246. The van der Waals surface area contributed by atoms with Crippen molar-refractivity contribution in [3.63, 3.8) is 0 Å². The fourth-order valence-corrected chi connectivity index (χ4v) is 3.89. The fraction of sp³-hybridized carbons (Fsp3) is 0.462. The lowest BCUT2D eigenvalue weighted by molar-refractivity contribution is -0.115. The van der Waals surface area contributed by atoms with Crippen molar-refractivity contribution < 1.29 is 23.9 Å². The van der Waals surface area contributed by atoms with Crippen molar-refractivity contribution in [3.05, 3.63) is 42.1 Å². The summed E-state index contributed by atoms with van der Waals surface area (Å²) >= 11 is 0. The highest BCUT2D eigenvalue weighted by molar-refractivity contribution is 6.01. The molecule has 1 N–H and O–H groups in total. The Labute approximate surface area is 216 Å². The van der Waals surface area contributed by atoms with E-state index in [0.29, 0.717) is 36.4 Å². The topological polar surface area (TPSA) is 126 Å². The first-order valence-electron chi connectivity index (χ1n) is 12.4. The molecular weight excluding hydrogens is 476 g/mol. The summed E-state index contributed by atoms with van der Waals surface area (Å²) < 4.78 is 10.3. The number of ether oxygens (including phenoxy) is 2. The number of carbonyl (C=O) groups excluding carboxylic acids is 3. The molecule has 1 fully saturated rings. The van der Waals surface area contributed by atoms with Crippen LogP contribution in [0.25, 0.3) is 0 Å². The van der Waals surface area contributed by atoms with E-state index in [9.17, 15) is 14.4 Å². The van der Waals surface area contributed by atoms with Crippen molar-refractivity contribution in [2.75, 3.05) is 27.2 Å². The number of rotatable bonds is 8. The second-order valence-corrected chi connectivity index (χ2v) is 9.11. The Bertz CT molecular complexity index is 1080. The second kappa shape index (κ2) is 13.3. The summed E-state index contributed by atoms with van der Waals surface area (Å²) in [7, 11) is 2.94. The number of aromatic nitrogens is 2. The van der Waals surface area contributed by atoms with Gasteiger partial charge in [0.15, 0.2) is 5.69 Å². The van der Waals surface area contributed by atoms with Gasteiger partial charge in [0.25, 0.3) is 0 Å². The van der Waals surface area contributed by atoms with Gasteiger partial charge < -0.3 is 14.4 Å². The van der Waals surface area contributed by atoms with Crippen LogP contribution in [0.2, 0.25) is 0 Å². The van der Waals surface area contributed by atoms with E-state index in [0.717, 1.165) is 32.1 Å². The predicted octanol–water partition coefficient (Wildman–Crippen LogP) is 3.99. The Hall–Kier alpha value is -4.02. The molecule has 0 atom stereocenters. The van der Waals surface area contributed by atoms with Crippen molar-refractivity contribution >= 4 is 30.1 Å². The van der Waals surface area contributed by atoms with Crippen LogP contribution in [0.5, 0.6) is 11.6 Å². The summed E-state index contributed by atoms with van der Waals surface area (Å²) in [5.41, 5.74) is 0.600. The zero-order valence-electron chi connectivity index (χ0n) is 21.7. The molecule has 1 aromatic heterocycles. The summed E-state index contributed by atoms with van der Waals surface area (Å²) in [6.45, 7) is 5.12. The smallest absolute Gasteiger partial charge is 0.358 e. The molecule has 1 aliphatic carbocycles. The Kier molecular flexibility index (Phi) is 9.93. The van der Waals surface area contributed by atoms with E-state index in [4.69, 9.17) is 4.74 Å². The van der Waals surface area contributed by atoms with Gasteiger partial charge in [0.05, 0.1) is 12.8 Å². The number of amides is 3. The maximum absolute atomic E-state index is 12.6. The summed E-state index contributed by atoms with van der Waals surface area (Å²) in [5.74, 6) is 1.32. The molecule has 1 heterocycles. The van der Waals surface area contributed by atoms with Gasteiger partial charge in [-0.1, -0.05) is 19.8 Å². The number of esters is 1. The SMILES string of the molecule is CCN(C)C(=O)NC(=Nc1ccc(Oc2ccc(C(=O)OC)nn2)cc1)N(C=O)CC1CCC(C)CC1. The third-order valence-electron chi connectivity index (χ3n) is 6.36. The van der Waals surface area contributed by atoms with Gasteiger partial charge in [0.1, 0.15) is 5.75 Å². The average molecular weight is 511 g/mol. The van der Waals surface area contributed by atoms with Gasteiger partial charge in [-0.15, -0.1) is 10.2 Å². The van der Waals surface area contributed by atoms with Crippen LogP contribution in [0.4, 0.5) is 10.5 Å². The minimum absolute atomic E-state index is 0.0744. The van der Waals surface area contributed by atoms with Gasteiger partial charge in [-0.2, -0.15) is 0 Å². The highest BCUT2D eigenvalue weighted by Gasteiger charge is 2.24. The average Bonchev–Trinajstić information content (AvgIpc) is 2.92. The van der Waals surface area contributed by atoms with Crippen LogP contribution in [0, 0.1) is 11.8 Å². The van der Waals surface area contributed by atoms with Crippen LogP contribution in [0.1, 0.15) is 50.0 Å². The van der Waals surface area contributed by atoms with E-state index >= 15 is 0 Å². The molecule has 11 nitrogen and oxygen atoms in total. The summed E-state index contributed by atoms with van der Waals surface area (Å²) in [6.07, 6.45) is 5.06. The molecule has 3 rings (SSSR count). The van der Waals surface area contributed by atoms with Crippen molar-refractivity contribution in [2.45, 2.75) is 39.5 Å². The molecule has 2 aromatic rings. The van der Waals surface area contributed by atoms with Crippen LogP contribution in [-0.4, -0.2) is 71.6 Å². The number of benzene rings is 1. The zero-order chi connectivity index (χ0) is 26.8. The van der Waals surface area contributed by atoms with Crippen LogP contribution in [0.3, 0.4) is 0 Å². The highest BCUT2D eigenvalue weighted by Crippen LogP contribution is 2.29. The highest BCUT2D eigenvalue weighted by atomic mass is 16.5. The monoisotopic (exact) mass is 510 g/mol. The Balaban J connectivity index is 1.76. The molecule has 1 aliphatic rings. The van der Waals surface area contributed by atoms with Crippen molar-refractivity contribution in [1.82, 2.24) is 25.3 Å². The first-order chi connectivity index (χ1) is 17.8. The van der Waals surface area contributed by atoms with Crippen molar-refractivity contribution in [2.24, 2.45) is 16.8 Å². The molecule has 198 valence electrons. The molecule has 0 bridgehead atoms. The van der Waals surface area contributed by atoms with Gasteiger partial charge in [-0.3, -0.25) is 15.0 Å². The predicted molar refractivity (Wildman–Crippen MR) is 138 cm³/mol. The molecule has 0 spiro atoms. The number of methoxy groups -OCH3 is 1. The summed E-state index contributed by atoms with van der Waals surface area (Å²) in [5, 5.41) is 10.4. The summed E-state index contributed by atoms with van der Waals surface area (Å²) in [6, 6.07) is 9.38. The first-order valence-corrected chi connectivity index (χ1v) is 12.4. The number of hydrogen-bond donors (Lipinski definition) is 1. The molecule has 0 unspecified atom stereocenters. The normalized spacial score (nSPS) is 17.5. The number of nitrogens with zero attached hydrogens (tertiary/aromatic N) is 5. The van der Waals surface area contributed by atoms with E-state index in [1.165, 1.54) is 29.0 Å². The van der Waals surface area contributed by atoms with Gasteiger partial charge in [0, 0.05) is 26.2 Å². The number of aliphatic imine (C=N–C) groups is 1. The number of nitrogens with one attached hydrogen (secondary N) is 1. The Morgan fingerprint density at radius 1 is 1.11 bits per heavy atom. The third-order valence-corrected chi connectivity index (χ3v) is 6.36. The van der Waals surface area contributed by atoms with Crippen molar-refractivity contribution in [3.8, 4) is 11.6 Å². The molecule has 3 amide bonds. The molecule has 11 heteroatoms. The number of guanidine groups is 1.